The van der Waals surface area contributed by atoms with E-state index >= 15 is 0 Å². The maximum Gasteiger partial charge on any atom is 0.263 e. The van der Waals surface area contributed by atoms with E-state index in [9.17, 15) is 4.79 Å². The predicted octanol–water partition coefficient (Wildman–Crippen LogP) is 1.56. The Morgan fingerprint density at radius 3 is 2.50 bits per heavy atom. The van der Waals surface area contributed by atoms with Crippen molar-refractivity contribution in [3.05, 3.63) is 60.7 Å². The van der Waals surface area contributed by atoms with E-state index in [1.54, 1.807) is 25.4 Å². The van der Waals surface area contributed by atoms with Gasteiger partial charge >= 0.3 is 0 Å². The number of ether oxygens (including phenoxy) is 1. The number of anilines is 1. The third-order valence-electron chi connectivity index (χ3n) is 3.68. The van der Waals surface area contributed by atoms with Crippen LogP contribution in [-0.2, 0) is 15.1 Å². The van der Waals surface area contributed by atoms with Gasteiger partial charge in [0.1, 0.15) is 6.33 Å². The SMILES string of the molecule is COC(C)(C(=O)Nc1ncnn1-c1ncccn1)c1ccccc1. The van der Waals surface area contributed by atoms with Crippen molar-refractivity contribution >= 4 is 11.9 Å². The Bertz CT molecular complexity index is 821. The standard InChI is InChI=1S/C16H16N6O2/c1-16(24-2,12-7-4-3-5-8-12)13(23)21-15-19-11-20-22(15)14-17-9-6-10-18-14/h3-11H,1-2H3,(H,19,20,21,23). The molecular weight excluding hydrogens is 308 g/mol. The van der Waals surface area contributed by atoms with Crippen LogP contribution in [0, 0.1) is 0 Å². The molecule has 1 N–H and O–H groups in total. The van der Waals surface area contributed by atoms with E-state index in [0.717, 1.165) is 5.56 Å². The van der Waals surface area contributed by atoms with Crippen molar-refractivity contribution in [2.75, 3.05) is 12.4 Å². The fourth-order valence-corrected chi connectivity index (χ4v) is 2.19. The lowest BCUT2D eigenvalue weighted by Crippen LogP contribution is -2.40. The number of amides is 1. The van der Waals surface area contributed by atoms with Crippen LogP contribution in [0.5, 0.6) is 0 Å². The van der Waals surface area contributed by atoms with Gasteiger partial charge in [0.25, 0.3) is 11.9 Å². The van der Waals surface area contributed by atoms with Gasteiger partial charge in [0.2, 0.25) is 5.95 Å². The minimum absolute atomic E-state index is 0.213. The Balaban J connectivity index is 1.89. The molecule has 2 heterocycles. The lowest BCUT2D eigenvalue weighted by atomic mass is 9.95. The Hall–Kier alpha value is -3.13. The van der Waals surface area contributed by atoms with Gasteiger partial charge in [-0.2, -0.15) is 14.8 Å². The highest BCUT2D eigenvalue weighted by atomic mass is 16.5. The molecule has 0 radical (unpaired) electrons. The largest absolute Gasteiger partial charge is 0.364 e. The number of nitrogens with one attached hydrogen (secondary N) is 1. The van der Waals surface area contributed by atoms with Crippen LogP contribution in [0.2, 0.25) is 0 Å². The maximum atomic E-state index is 12.8. The lowest BCUT2D eigenvalue weighted by molar-refractivity contribution is -0.136. The van der Waals surface area contributed by atoms with E-state index < -0.39 is 5.60 Å². The first-order chi connectivity index (χ1) is 11.6. The van der Waals surface area contributed by atoms with E-state index in [-0.39, 0.29) is 11.9 Å². The Morgan fingerprint density at radius 2 is 1.83 bits per heavy atom. The smallest absolute Gasteiger partial charge is 0.263 e. The van der Waals surface area contributed by atoms with Crippen LogP contribution in [0.3, 0.4) is 0 Å². The zero-order valence-corrected chi connectivity index (χ0v) is 13.2. The molecule has 8 nitrogen and oxygen atoms in total. The maximum absolute atomic E-state index is 12.8. The number of nitrogens with zero attached hydrogens (tertiary/aromatic N) is 5. The van der Waals surface area contributed by atoms with Crippen LogP contribution >= 0.6 is 0 Å². The van der Waals surface area contributed by atoms with E-state index in [0.29, 0.717) is 5.95 Å². The Labute approximate surface area is 138 Å². The summed E-state index contributed by atoms with van der Waals surface area (Å²) in [5, 5.41) is 6.77. The molecule has 0 bridgehead atoms. The summed E-state index contributed by atoms with van der Waals surface area (Å²) in [7, 11) is 1.48. The highest BCUT2D eigenvalue weighted by molar-refractivity contribution is 5.96. The molecule has 3 aromatic rings. The minimum Gasteiger partial charge on any atom is -0.364 e. The van der Waals surface area contributed by atoms with Gasteiger partial charge in [0, 0.05) is 19.5 Å². The molecule has 1 amide bonds. The molecule has 0 aliphatic heterocycles. The highest BCUT2D eigenvalue weighted by Gasteiger charge is 2.36. The van der Waals surface area contributed by atoms with Gasteiger partial charge in [-0.3, -0.25) is 10.1 Å². The highest BCUT2D eigenvalue weighted by Crippen LogP contribution is 2.26. The number of methoxy groups -OCH3 is 1. The van der Waals surface area contributed by atoms with E-state index in [1.807, 2.05) is 30.3 Å². The van der Waals surface area contributed by atoms with Crippen LogP contribution in [0.1, 0.15) is 12.5 Å². The van der Waals surface area contributed by atoms with Gasteiger partial charge in [-0.25, -0.2) is 9.97 Å². The van der Waals surface area contributed by atoms with Gasteiger partial charge in [0.05, 0.1) is 0 Å². The molecular formula is C16H16N6O2. The summed E-state index contributed by atoms with van der Waals surface area (Å²) in [6, 6.07) is 10.9. The Morgan fingerprint density at radius 1 is 1.12 bits per heavy atom. The van der Waals surface area contributed by atoms with E-state index in [2.05, 4.69) is 25.4 Å². The summed E-state index contributed by atoms with van der Waals surface area (Å²) >= 11 is 0. The number of rotatable bonds is 5. The van der Waals surface area contributed by atoms with Gasteiger partial charge in [-0.05, 0) is 18.6 Å². The molecule has 0 aliphatic carbocycles. The summed E-state index contributed by atoms with van der Waals surface area (Å²) < 4.78 is 6.83. The molecule has 1 unspecified atom stereocenters. The molecule has 0 saturated heterocycles. The third-order valence-corrected chi connectivity index (χ3v) is 3.68. The summed E-state index contributed by atoms with van der Waals surface area (Å²) in [6.45, 7) is 1.69. The summed E-state index contributed by atoms with van der Waals surface area (Å²) in [5.74, 6) is 0.149. The third kappa shape index (κ3) is 2.86. The summed E-state index contributed by atoms with van der Waals surface area (Å²) in [5.41, 5.74) is -0.442. The van der Waals surface area contributed by atoms with Crippen molar-refractivity contribution in [2.45, 2.75) is 12.5 Å². The molecule has 8 heteroatoms. The number of benzene rings is 1. The molecule has 122 valence electrons. The minimum atomic E-state index is -1.17. The van der Waals surface area contributed by atoms with Crippen molar-refractivity contribution in [1.29, 1.82) is 0 Å². The first-order valence-electron chi connectivity index (χ1n) is 7.24. The molecule has 0 spiro atoms. The molecule has 2 aromatic heterocycles. The first-order valence-corrected chi connectivity index (χ1v) is 7.24. The van der Waals surface area contributed by atoms with Gasteiger partial charge in [-0.1, -0.05) is 30.3 Å². The van der Waals surface area contributed by atoms with Gasteiger partial charge in [0.15, 0.2) is 5.60 Å². The van der Waals surface area contributed by atoms with Crippen LogP contribution in [0.25, 0.3) is 5.95 Å². The molecule has 1 atom stereocenters. The van der Waals surface area contributed by atoms with Crippen LogP contribution < -0.4 is 5.32 Å². The van der Waals surface area contributed by atoms with Crippen LogP contribution in [0.4, 0.5) is 5.95 Å². The zero-order chi connectivity index (χ0) is 17.0. The van der Waals surface area contributed by atoms with Crippen LogP contribution in [-0.4, -0.2) is 37.7 Å². The number of hydrogen-bond acceptors (Lipinski definition) is 6. The van der Waals surface area contributed by atoms with Crippen molar-refractivity contribution in [3.8, 4) is 5.95 Å². The van der Waals surface area contributed by atoms with Crippen molar-refractivity contribution in [2.24, 2.45) is 0 Å². The number of aromatic nitrogens is 5. The molecule has 0 fully saturated rings. The average molecular weight is 324 g/mol. The second-order valence-corrected chi connectivity index (χ2v) is 5.10. The lowest BCUT2D eigenvalue weighted by Gasteiger charge is -2.27. The van der Waals surface area contributed by atoms with Crippen LogP contribution in [0.15, 0.2) is 55.1 Å². The second kappa shape index (κ2) is 6.55. The normalized spacial score (nSPS) is 13.2. The number of carbonyl (C=O) groups is 1. The van der Waals surface area contributed by atoms with Crippen molar-refractivity contribution in [3.63, 3.8) is 0 Å². The van der Waals surface area contributed by atoms with E-state index in [1.165, 1.54) is 18.1 Å². The summed E-state index contributed by atoms with van der Waals surface area (Å²) in [6.07, 6.45) is 4.48. The molecule has 0 saturated carbocycles. The topological polar surface area (TPSA) is 94.8 Å². The average Bonchev–Trinajstić information content (AvgIpc) is 3.10. The zero-order valence-electron chi connectivity index (χ0n) is 13.2. The molecule has 24 heavy (non-hydrogen) atoms. The molecule has 3 rings (SSSR count). The second-order valence-electron chi connectivity index (χ2n) is 5.10. The number of carbonyl (C=O) groups excluding carboxylic acids is 1. The fourth-order valence-electron chi connectivity index (χ4n) is 2.19. The monoisotopic (exact) mass is 324 g/mol. The molecule has 1 aromatic carbocycles. The fraction of sp³-hybridized carbons (Fsp3) is 0.188. The van der Waals surface area contributed by atoms with E-state index in [4.69, 9.17) is 4.74 Å². The van der Waals surface area contributed by atoms with Crippen molar-refractivity contribution in [1.82, 2.24) is 24.7 Å². The van der Waals surface area contributed by atoms with Crippen molar-refractivity contribution < 1.29 is 9.53 Å². The Kier molecular flexibility index (Phi) is 4.30. The molecule has 0 aliphatic rings. The van der Waals surface area contributed by atoms with Gasteiger partial charge in [-0.15, -0.1) is 0 Å². The first kappa shape index (κ1) is 15.8. The quantitative estimate of drug-likeness (QED) is 0.765. The predicted molar refractivity (Wildman–Crippen MR) is 86.4 cm³/mol. The summed E-state index contributed by atoms with van der Waals surface area (Å²) in [4.78, 5) is 25.0. The van der Waals surface area contributed by atoms with Gasteiger partial charge < -0.3 is 4.74 Å². The number of hydrogen-bond donors (Lipinski definition) is 1.